The van der Waals surface area contributed by atoms with E-state index in [1.165, 1.54) is 0 Å². The van der Waals surface area contributed by atoms with E-state index in [0.717, 1.165) is 4.74 Å². The predicted octanol–water partition coefficient (Wildman–Crippen LogP) is 0.996. The Morgan fingerprint density at radius 1 is 1.62 bits per heavy atom. The minimum atomic E-state index is 0.141. The summed E-state index contributed by atoms with van der Waals surface area (Å²) in [7, 11) is 0. The second-order valence-electron chi connectivity index (χ2n) is 2.99. The Balaban J connectivity index is 2.74. The lowest BCUT2D eigenvalue weighted by Gasteiger charge is -2.33. The van der Waals surface area contributed by atoms with E-state index in [-0.39, 0.29) is 11.5 Å². The molecule has 1 unspecified atom stereocenters. The minimum Gasteiger partial charge on any atom is -0.624 e. The lowest BCUT2D eigenvalue weighted by atomic mass is 9.82. The van der Waals surface area contributed by atoms with Crippen LogP contribution in [0.2, 0.25) is 0 Å². The Bertz CT molecular complexity index is 137. The summed E-state index contributed by atoms with van der Waals surface area (Å²) < 4.78 is 1.00. The molecule has 46 valence electrons. The van der Waals surface area contributed by atoms with Crippen LogP contribution in [0, 0.1) is 10.6 Å². The molecule has 1 aliphatic heterocycles. The van der Waals surface area contributed by atoms with Crippen LogP contribution in [0.25, 0.3) is 0 Å². The molecule has 0 aromatic rings. The highest BCUT2D eigenvalue weighted by atomic mass is 16.5. The van der Waals surface area contributed by atoms with Gasteiger partial charge in [0.25, 0.3) is 0 Å². The van der Waals surface area contributed by atoms with Gasteiger partial charge in [0.15, 0.2) is 12.3 Å². The molecule has 2 heteroatoms. The summed E-state index contributed by atoms with van der Waals surface area (Å²) in [6.45, 7) is 6.06. The van der Waals surface area contributed by atoms with E-state index >= 15 is 0 Å². The van der Waals surface area contributed by atoms with Crippen molar-refractivity contribution < 1.29 is 4.74 Å². The zero-order valence-electron chi connectivity index (χ0n) is 5.51. The Morgan fingerprint density at radius 2 is 2.12 bits per heavy atom. The highest BCUT2D eigenvalue weighted by molar-refractivity contribution is 5.64. The van der Waals surface area contributed by atoms with Gasteiger partial charge in [0, 0.05) is 0 Å². The molecular formula is C6H11NO. The number of hydrogen-bond acceptors (Lipinski definition) is 1. The standard InChI is InChI=1S/C6H11NO/c1-5-6(2,3)4-7(5)8/h4-5H,1-3H3. The highest BCUT2D eigenvalue weighted by Crippen LogP contribution is 2.26. The second kappa shape index (κ2) is 1.24. The minimum absolute atomic E-state index is 0.141. The van der Waals surface area contributed by atoms with E-state index in [2.05, 4.69) is 13.8 Å². The van der Waals surface area contributed by atoms with Crippen molar-refractivity contribution in [3.05, 3.63) is 5.21 Å². The van der Waals surface area contributed by atoms with Crippen molar-refractivity contribution in [3.8, 4) is 0 Å². The van der Waals surface area contributed by atoms with Gasteiger partial charge in [-0.3, -0.25) is 0 Å². The molecule has 1 heterocycles. The van der Waals surface area contributed by atoms with Crippen LogP contribution in [-0.2, 0) is 0 Å². The maximum absolute atomic E-state index is 10.5. The van der Waals surface area contributed by atoms with Crippen molar-refractivity contribution in [1.82, 2.24) is 0 Å². The molecule has 1 atom stereocenters. The van der Waals surface area contributed by atoms with E-state index in [1.807, 2.05) is 6.92 Å². The molecule has 1 rings (SSSR count). The van der Waals surface area contributed by atoms with Crippen LogP contribution >= 0.6 is 0 Å². The molecule has 0 saturated carbocycles. The van der Waals surface area contributed by atoms with Crippen LogP contribution in [0.5, 0.6) is 0 Å². The van der Waals surface area contributed by atoms with Gasteiger partial charge in [0.1, 0.15) is 5.41 Å². The average molecular weight is 113 g/mol. The fourth-order valence-electron chi connectivity index (χ4n) is 0.793. The highest BCUT2D eigenvalue weighted by Gasteiger charge is 2.41. The summed E-state index contributed by atoms with van der Waals surface area (Å²) in [6.07, 6.45) is 1.71. The van der Waals surface area contributed by atoms with E-state index in [1.54, 1.807) is 6.21 Å². The van der Waals surface area contributed by atoms with E-state index in [4.69, 9.17) is 0 Å². The third kappa shape index (κ3) is 0.522. The predicted molar refractivity (Wildman–Crippen MR) is 32.9 cm³/mol. The molecule has 8 heavy (non-hydrogen) atoms. The molecule has 0 N–H and O–H groups in total. The van der Waals surface area contributed by atoms with E-state index in [0.29, 0.717) is 0 Å². The third-order valence-corrected chi connectivity index (χ3v) is 1.92. The van der Waals surface area contributed by atoms with Crippen LogP contribution in [0.4, 0.5) is 0 Å². The molecule has 0 saturated heterocycles. The molecule has 0 aliphatic carbocycles. The van der Waals surface area contributed by atoms with E-state index < -0.39 is 0 Å². The summed E-state index contributed by atoms with van der Waals surface area (Å²) in [4.78, 5) is 0. The van der Waals surface area contributed by atoms with Crippen molar-refractivity contribution in [3.63, 3.8) is 0 Å². The molecule has 1 aliphatic rings. The largest absolute Gasteiger partial charge is 0.624 e. The number of nitrogens with zero attached hydrogens (tertiary/aromatic N) is 1. The number of hydrogen-bond donors (Lipinski definition) is 0. The van der Waals surface area contributed by atoms with Crippen LogP contribution in [-0.4, -0.2) is 17.0 Å². The molecule has 0 radical (unpaired) electrons. The first-order valence-electron chi connectivity index (χ1n) is 2.85. The average Bonchev–Trinajstić information content (AvgIpc) is 1.65. The van der Waals surface area contributed by atoms with Gasteiger partial charge in [0.2, 0.25) is 0 Å². The first-order valence-corrected chi connectivity index (χ1v) is 2.85. The second-order valence-corrected chi connectivity index (χ2v) is 2.99. The van der Waals surface area contributed by atoms with Crippen LogP contribution in [0.3, 0.4) is 0 Å². The van der Waals surface area contributed by atoms with Gasteiger partial charge in [0.05, 0.1) is 0 Å². The normalized spacial score (nSPS) is 33.4. The molecule has 0 aromatic heterocycles. The fourth-order valence-corrected chi connectivity index (χ4v) is 0.793. The maximum Gasteiger partial charge on any atom is 0.174 e. The van der Waals surface area contributed by atoms with Crippen molar-refractivity contribution in [2.75, 3.05) is 0 Å². The lowest BCUT2D eigenvalue weighted by Crippen LogP contribution is -2.48. The third-order valence-electron chi connectivity index (χ3n) is 1.92. The van der Waals surface area contributed by atoms with Gasteiger partial charge in [-0.05, 0) is 20.8 Å². The van der Waals surface area contributed by atoms with Crippen LogP contribution in [0.15, 0.2) is 0 Å². The molecule has 0 amide bonds. The SMILES string of the molecule is CC1[N+]([O-])=CC1(C)C. The zero-order chi connectivity index (χ0) is 6.36. The van der Waals surface area contributed by atoms with Gasteiger partial charge in [-0.15, -0.1) is 0 Å². The first kappa shape index (κ1) is 5.60. The summed E-state index contributed by atoms with van der Waals surface area (Å²) in [5.41, 5.74) is 0.141. The first-order chi connectivity index (χ1) is 3.54. The molecule has 0 fully saturated rings. The Labute approximate surface area is 49.4 Å². The molecule has 0 aromatic carbocycles. The fraction of sp³-hybridized carbons (Fsp3) is 0.833. The van der Waals surface area contributed by atoms with Crippen LogP contribution in [0.1, 0.15) is 20.8 Å². The van der Waals surface area contributed by atoms with Gasteiger partial charge < -0.3 is 5.21 Å². The van der Waals surface area contributed by atoms with E-state index in [9.17, 15) is 5.21 Å². The van der Waals surface area contributed by atoms with Crippen molar-refractivity contribution >= 4 is 6.21 Å². The Morgan fingerprint density at radius 3 is 2.12 bits per heavy atom. The number of rotatable bonds is 0. The molecule has 2 nitrogen and oxygen atoms in total. The topological polar surface area (TPSA) is 26.1 Å². The van der Waals surface area contributed by atoms with Crippen molar-refractivity contribution in [2.45, 2.75) is 26.8 Å². The summed E-state index contributed by atoms with van der Waals surface area (Å²) in [5, 5.41) is 10.5. The Kier molecular flexibility index (Phi) is 0.872. The van der Waals surface area contributed by atoms with Crippen LogP contribution < -0.4 is 0 Å². The van der Waals surface area contributed by atoms with Crippen molar-refractivity contribution in [2.24, 2.45) is 5.41 Å². The van der Waals surface area contributed by atoms with Gasteiger partial charge in [-0.1, -0.05) is 0 Å². The summed E-state index contributed by atoms with van der Waals surface area (Å²) in [6, 6.07) is 0.169. The smallest absolute Gasteiger partial charge is 0.174 e. The van der Waals surface area contributed by atoms with Gasteiger partial charge in [-0.2, -0.15) is 0 Å². The lowest BCUT2D eigenvalue weighted by molar-refractivity contribution is -0.544. The molecular weight excluding hydrogens is 102 g/mol. The summed E-state index contributed by atoms with van der Waals surface area (Å²) in [5.74, 6) is 0. The summed E-state index contributed by atoms with van der Waals surface area (Å²) >= 11 is 0. The molecule has 0 bridgehead atoms. The zero-order valence-corrected chi connectivity index (χ0v) is 5.51. The monoisotopic (exact) mass is 113 g/mol. The van der Waals surface area contributed by atoms with Gasteiger partial charge >= 0.3 is 0 Å². The Hall–Kier alpha value is -0.530. The maximum atomic E-state index is 10.5. The quantitative estimate of drug-likeness (QED) is 0.340. The van der Waals surface area contributed by atoms with Crippen molar-refractivity contribution in [1.29, 1.82) is 0 Å². The molecule has 0 spiro atoms. The van der Waals surface area contributed by atoms with Gasteiger partial charge in [-0.25, -0.2) is 4.74 Å². The number of hydroxylamine groups is 1.